The molecule has 0 N–H and O–H groups in total. The zero-order chi connectivity index (χ0) is 24.4. The van der Waals surface area contributed by atoms with Gasteiger partial charge in [0.15, 0.2) is 11.5 Å². The number of thiazole rings is 1. The number of fused-ring (bicyclic) bond motifs is 1. The smallest absolute Gasteiger partial charge is 0.325 e. The maximum atomic E-state index is 13.5. The molecule has 0 fully saturated rings. The number of hydrogen-bond donors (Lipinski definition) is 0. The van der Waals surface area contributed by atoms with E-state index in [1.807, 2.05) is 6.07 Å². The normalized spacial score (nSPS) is 15.0. The summed E-state index contributed by atoms with van der Waals surface area (Å²) in [6.45, 7) is -0.306. The number of rotatable bonds is 7. The van der Waals surface area contributed by atoms with E-state index in [-0.39, 0.29) is 23.7 Å². The molecule has 10 heteroatoms. The highest BCUT2D eigenvalue weighted by Gasteiger charge is 2.38. The first-order valence-corrected chi connectivity index (χ1v) is 11.2. The lowest BCUT2D eigenvalue weighted by molar-refractivity contribution is -0.141. The highest BCUT2D eigenvalue weighted by Crippen LogP contribution is 2.46. The number of benzene rings is 2. The Hall–Kier alpha value is -3.79. The number of anilines is 2. The Morgan fingerprint density at radius 1 is 0.971 bits per heavy atom. The summed E-state index contributed by atoms with van der Waals surface area (Å²) in [5.41, 5.74) is 1.36. The van der Waals surface area contributed by atoms with Crippen molar-refractivity contribution in [1.82, 2.24) is 4.57 Å². The van der Waals surface area contributed by atoms with Gasteiger partial charge in [-0.05, 0) is 42.0 Å². The van der Waals surface area contributed by atoms with E-state index in [1.54, 1.807) is 50.6 Å². The minimum Gasteiger partial charge on any atom is -0.497 e. The molecular weight excluding hydrogens is 460 g/mol. The summed E-state index contributed by atoms with van der Waals surface area (Å²) in [5, 5.41) is 0. The summed E-state index contributed by atoms with van der Waals surface area (Å²) >= 11 is 1.01. The van der Waals surface area contributed by atoms with E-state index in [2.05, 4.69) is 0 Å². The zero-order valence-corrected chi connectivity index (χ0v) is 20.0. The fraction of sp³-hybridized carbons (Fsp3) is 0.292. The second-order valence-corrected chi connectivity index (χ2v) is 8.51. The fourth-order valence-electron chi connectivity index (χ4n) is 4.02. The van der Waals surface area contributed by atoms with Gasteiger partial charge in [-0.2, -0.15) is 0 Å². The van der Waals surface area contributed by atoms with Gasteiger partial charge >= 0.3 is 10.8 Å². The SMILES string of the molecule is COC(=O)Cn1c2c(sc1=O)[C@H](c1ccc(OC)c(OC)c1)CC(=O)N2c1ccc(OC)cc1. The minimum atomic E-state index is -0.585. The Morgan fingerprint density at radius 3 is 2.29 bits per heavy atom. The van der Waals surface area contributed by atoms with E-state index in [0.29, 0.717) is 33.6 Å². The first-order valence-electron chi connectivity index (χ1n) is 10.4. The van der Waals surface area contributed by atoms with Gasteiger partial charge in [0.2, 0.25) is 5.91 Å². The standard InChI is InChI=1S/C24H24N2O7S/c1-30-16-8-6-15(7-9-16)26-20(27)12-17(14-5-10-18(31-2)19(11-14)32-3)22-23(26)25(24(29)34-22)13-21(28)33-4/h5-11,17H,12-13H2,1-4H3/t17-/m0/s1. The van der Waals surface area contributed by atoms with Crippen molar-refractivity contribution in [3.05, 3.63) is 62.6 Å². The van der Waals surface area contributed by atoms with Crippen LogP contribution in [-0.2, 0) is 20.9 Å². The number of ether oxygens (including phenoxy) is 4. The van der Waals surface area contributed by atoms with Gasteiger partial charge in [0.1, 0.15) is 18.1 Å². The number of hydrogen-bond acceptors (Lipinski definition) is 8. The lowest BCUT2D eigenvalue weighted by Crippen LogP contribution is -2.36. The zero-order valence-electron chi connectivity index (χ0n) is 19.2. The van der Waals surface area contributed by atoms with Crippen molar-refractivity contribution in [2.45, 2.75) is 18.9 Å². The van der Waals surface area contributed by atoms with Gasteiger partial charge in [0, 0.05) is 12.3 Å². The van der Waals surface area contributed by atoms with Gasteiger partial charge in [-0.1, -0.05) is 17.4 Å². The highest BCUT2D eigenvalue weighted by molar-refractivity contribution is 7.10. The second-order valence-electron chi connectivity index (χ2n) is 7.52. The summed E-state index contributed by atoms with van der Waals surface area (Å²) < 4.78 is 22.1. The van der Waals surface area contributed by atoms with Gasteiger partial charge in [-0.3, -0.25) is 23.9 Å². The second kappa shape index (κ2) is 9.60. The van der Waals surface area contributed by atoms with E-state index in [4.69, 9.17) is 18.9 Å². The molecule has 0 saturated carbocycles. The Morgan fingerprint density at radius 2 is 1.68 bits per heavy atom. The predicted molar refractivity (Wildman–Crippen MR) is 127 cm³/mol. The Balaban J connectivity index is 1.89. The molecule has 1 aromatic heterocycles. The Kier molecular flexibility index (Phi) is 6.60. The van der Waals surface area contributed by atoms with Crippen LogP contribution in [0.3, 0.4) is 0 Å². The molecule has 178 valence electrons. The van der Waals surface area contributed by atoms with E-state index in [0.717, 1.165) is 16.9 Å². The van der Waals surface area contributed by atoms with Crippen molar-refractivity contribution < 1.29 is 28.5 Å². The Bertz CT molecular complexity index is 1280. The largest absolute Gasteiger partial charge is 0.497 e. The molecule has 4 rings (SSSR count). The average molecular weight is 485 g/mol. The topological polar surface area (TPSA) is 96.3 Å². The molecule has 0 radical (unpaired) electrons. The van der Waals surface area contributed by atoms with Crippen molar-refractivity contribution in [3.8, 4) is 17.2 Å². The van der Waals surface area contributed by atoms with Gasteiger partial charge in [-0.15, -0.1) is 0 Å². The van der Waals surface area contributed by atoms with Crippen molar-refractivity contribution in [2.24, 2.45) is 0 Å². The molecule has 0 saturated heterocycles. The molecule has 0 aliphatic carbocycles. The van der Waals surface area contributed by atoms with Gasteiger partial charge < -0.3 is 18.9 Å². The molecule has 1 aliphatic rings. The molecule has 1 amide bonds. The number of carbonyl (C=O) groups excluding carboxylic acids is 2. The third-order valence-electron chi connectivity index (χ3n) is 5.71. The predicted octanol–water partition coefficient (Wildman–Crippen LogP) is 3.31. The summed E-state index contributed by atoms with van der Waals surface area (Å²) in [5.74, 6) is 0.883. The van der Waals surface area contributed by atoms with Gasteiger partial charge in [0.25, 0.3) is 0 Å². The van der Waals surface area contributed by atoms with E-state index >= 15 is 0 Å². The number of nitrogens with zero attached hydrogens (tertiary/aromatic N) is 2. The summed E-state index contributed by atoms with van der Waals surface area (Å²) in [6, 6.07) is 12.4. The lowest BCUT2D eigenvalue weighted by Gasteiger charge is -2.32. The molecule has 2 aromatic carbocycles. The number of esters is 1. The maximum absolute atomic E-state index is 13.5. The van der Waals surface area contributed by atoms with Crippen LogP contribution in [0, 0.1) is 0 Å². The van der Waals surface area contributed by atoms with Gasteiger partial charge in [-0.25, -0.2) is 0 Å². The van der Waals surface area contributed by atoms with Crippen LogP contribution in [0.1, 0.15) is 22.8 Å². The first-order chi connectivity index (χ1) is 16.4. The van der Waals surface area contributed by atoms with Crippen LogP contribution in [0.4, 0.5) is 11.5 Å². The van der Waals surface area contributed by atoms with E-state index in [1.165, 1.54) is 23.7 Å². The van der Waals surface area contributed by atoms with Crippen LogP contribution < -0.4 is 24.0 Å². The van der Waals surface area contributed by atoms with Crippen molar-refractivity contribution in [2.75, 3.05) is 33.3 Å². The molecule has 0 bridgehead atoms. The highest BCUT2D eigenvalue weighted by atomic mass is 32.1. The van der Waals surface area contributed by atoms with Crippen LogP contribution in [0.15, 0.2) is 47.3 Å². The van der Waals surface area contributed by atoms with Crippen molar-refractivity contribution in [3.63, 3.8) is 0 Å². The number of aromatic nitrogens is 1. The molecule has 9 nitrogen and oxygen atoms in total. The van der Waals surface area contributed by atoms with Crippen LogP contribution in [0.25, 0.3) is 0 Å². The Labute approximate surface area is 200 Å². The fourth-order valence-corrected chi connectivity index (χ4v) is 5.12. The summed E-state index contributed by atoms with van der Waals surface area (Å²) in [4.78, 5) is 40.4. The molecule has 0 unspecified atom stereocenters. The van der Waals surface area contributed by atoms with Crippen LogP contribution in [-0.4, -0.2) is 44.9 Å². The molecule has 0 spiro atoms. The van der Waals surface area contributed by atoms with E-state index in [9.17, 15) is 14.4 Å². The molecule has 3 aromatic rings. The monoisotopic (exact) mass is 484 g/mol. The summed E-state index contributed by atoms with van der Waals surface area (Å²) in [7, 11) is 5.89. The minimum absolute atomic E-state index is 0.132. The third-order valence-corrected chi connectivity index (χ3v) is 6.79. The quantitative estimate of drug-likeness (QED) is 0.475. The molecule has 1 atom stereocenters. The van der Waals surface area contributed by atoms with Crippen LogP contribution in [0.2, 0.25) is 0 Å². The average Bonchev–Trinajstić information content (AvgIpc) is 3.18. The van der Waals surface area contributed by atoms with Crippen molar-refractivity contribution >= 4 is 34.7 Å². The number of carbonyl (C=O) groups is 2. The summed E-state index contributed by atoms with van der Waals surface area (Å²) in [6.07, 6.45) is 0.132. The first kappa shape index (κ1) is 23.4. The third kappa shape index (κ3) is 4.12. The van der Waals surface area contributed by atoms with Crippen LogP contribution >= 0.6 is 11.3 Å². The van der Waals surface area contributed by atoms with E-state index < -0.39 is 11.9 Å². The molecular formula is C24H24N2O7S. The lowest BCUT2D eigenvalue weighted by atomic mass is 9.90. The molecule has 1 aliphatic heterocycles. The van der Waals surface area contributed by atoms with Crippen LogP contribution in [0.5, 0.6) is 17.2 Å². The maximum Gasteiger partial charge on any atom is 0.325 e. The molecule has 34 heavy (non-hydrogen) atoms. The van der Waals surface area contributed by atoms with Crippen molar-refractivity contribution in [1.29, 1.82) is 0 Å². The number of methoxy groups -OCH3 is 4. The van der Waals surface area contributed by atoms with Gasteiger partial charge in [0.05, 0.1) is 39.0 Å². The molecule has 2 heterocycles. The number of amides is 1.